The molecule has 14 heteroatoms. The number of aromatic nitrogens is 1. The van der Waals surface area contributed by atoms with Gasteiger partial charge >= 0.3 is 12.1 Å². The number of carbonyl (C=O) groups excluding carboxylic acids is 4. The van der Waals surface area contributed by atoms with Gasteiger partial charge in [0.25, 0.3) is 5.91 Å². The predicted octanol–water partition coefficient (Wildman–Crippen LogP) is 3.00. The van der Waals surface area contributed by atoms with Crippen molar-refractivity contribution in [3.05, 3.63) is 64.6 Å². The average molecular weight is 577 g/mol. The Hall–Kier alpha value is -4.23. The summed E-state index contributed by atoms with van der Waals surface area (Å²) in [5.74, 6) is -2.06. The second kappa shape index (κ2) is 12.3. The normalized spacial score (nSPS) is 16.6. The number of amides is 5. The minimum atomic E-state index is -1.47. The number of methoxy groups -OCH3 is 1. The molecule has 212 valence electrons. The Kier molecular flexibility index (Phi) is 8.85. The fourth-order valence-corrected chi connectivity index (χ4v) is 4.72. The number of primary amides is 1. The number of urea groups is 1. The monoisotopic (exact) mass is 576 g/mol. The number of para-hydroxylation sites is 1. The van der Waals surface area contributed by atoms with Gasteiger partial charge in [0.15, 0.2) is 0 Å². The molecule has 1 aliphatic heterocycles. The molecule has 1 saturated heterocycles. The Morgan fingerprint density at radius 1 is 1.18 bits per heavy atom. The number of likely N-dealkylation sites (tertiary alicyclic amines) is 1. The smallest absolute Gasteiger partial charge is 0.323 e. The molecule has 1 fully saturated rings. The second-order valence-electron chi connectivity index (χ2n) is 9.10. The number of nitrogens with zero attached hydrogens (tertiary/aromatic N) is 2. The zero-order chi connectivity index (χ0) is 29.0. The van der Waals surface area contributed by atoms with Crippen LogP contribution in [0.2, 0.25) is 5.02 Å². The van der Waals surface area contributed by atoms with Crippen molar-refractivity contribution in [1.29, 1.82) is 0 Å². The van der Waals surface area contributed by atoms with E-state index >= 15 is 0 Å². The van der Waals surface area contributed by atoms with Crippen LogP contribution in [0.3, 0.4) is 0 Å². The first-order valence-electron chi connectivity index (χ1n) is 12.2. The number of alkyl halides is 1. The van der Waals surface area contributed by atoms with E-state index in [1.54, 1.807) is 24.3 Å². The number of halogens is 3. The predicted molar refractivity (Wildman–Crippen MR) is 143 cm³/mol. The number of anilines is 1. The van der Waals surface area contributed by atoms with Crippen LogP contribution in [0.15, 0.2) is 42.6 Å². The van der Waals surface area contributed by atoms with Crippen molar-refractivity contribution >= 4 is 52.1 Å². The summed E-state index contributed by atoms with van der Waals surface area (Å²) >= 11 is 5.96. The van der Waals surface area contributed by atoms with Gasteiger partial charge in [-0.15, -0.1) is 0 Å². The Labute approximate surface area is 232 Å². The number of fused-ring (bicyclic) bond motifs is 1. The molecule has 5 amide bonds. The summed E-state index contributed by atoms with van der Waals surface area (Å²) in [6.07, 6.45) is -0.403. The van der Waals surface area contributed by atoms with Crippen LogP contribution < -0.4 is 21.7 Å². The molecule has 3 aromatic rings. The van der Waals surface area contributed by atoms with Crippen molar-refractivity contribution < 1.29 is 32.7 Å². The third-order valence-electron chi connectivity index (χ3n) is 6.42. The Morgan fingerprint density at radius 2 is 1.93 bits per heavy atom. The first-order valence-corrected chi connectivity index (χ1v) is 12.6. The number of nitrogens with one attached hydrogen (secondary N) is 3. The molecular weight excluding hydrogens is 550 g/mol. The maximum absolute atomic E-state index is 14.7. The number of nitrogens with two attached hydrogens (primary N) is 1. The molecule has 1 aliphatic rings. The Bertz CT molecular complexity index is 1460. The SMILES string of the molecule is COCCNC(=O)c1cc(Cl)c(F)c(CNC(=O)[C@@H]2C[C@@H](F)CN2C(=O)Nc2cn(C(N)=O)c3ccccc23)c1. The highest BCUT2D eigenvalue weighted by molar-refractivity contribution is 6.31. The van der Waals surface area contributed by atoms with Crippen LogP contribution >= 0.6 is 11.6 Å². The van der Waals surface area contributed by atoms with Gasteiger partial charge in [0.2, 0.25) is 5.91 Å². The fraction of sp³-hybridized carbons (Fsp3) is 0.308. The van der Waals surface area contributed by atoms with Gasteiger partial charge in [-0.05, 0) is 18.2 Å². The summed E-state index contributed by atoms with van der Waals surface area (Å²) in [6.45, 7) is -0.213. The highest BCUT2D eigenvalue weighted by atomic mass is 35.5. The van der Waals surface area contributed by atoms with E-state index in [1.807, 2.05) is 0 Å². The average Bonchev–Trinajstić information content (AvgIpc) is 3.50. The standard InChI is InChI=1S/C26H27ClF2N6O5/c1-40-7-6-31-23(36)14-8-15(22(29)18(27)9-14)11-32-24(37)21-10-16(28)12-35(21)26(39)33-19-13-34(25(30)38)20-5-3-2-4-17(19)20/h2-5,8-9,13,16,21H,6-7,10-12H2,1H3,(H2,30,38)(H,31,36)(H,32,37)(H,33,39)/t16-,21+/m1/s1. The molecule has 5 N–H and O–H groups in total. The summed E-state index contributed by atoms with van der Waals surface area (Å²) in [5.41, 5.74) is 6.13. The minimum Gasteiger partial charge on any atom is -0.383 e. The fourth-order valence-electron chi connectivity index (χ4n) is 4.48. The van der Waals surface area contributed by atoms with E-state index in [1.165, 1.54) is 19.4 Å². The summed E-state index contributed by atoms with van der Waals surface area (Å²) in [6, 6.07) is 6.40. The zero-order valence-electron chi connectivity index (χ0n) is 21.4. The van der Waals surface area contributed by atoms with Gasteiger partial charge in [0.1, 0.15) is 18.0 Å². The lowest BCUT2D eigenvalue weighted by Crippen LogP contribution is -2.47. The number of carbonyl (C=O) groups is 4. The van der Waals surface area contributed by atoms with Crippen molar-refractivity contribution in [2.45, 2.75) is 25.2 Å². The first kappa shape index (κ1) is 28.8. The third-order valence-corrected chi connectivity index (χ3v) is 6.69. The third kappa shape index (κ3) is 6.15. The summed E-state index contributed by atoms with van der Waals surface area (Å²) in [5, 5.41) is 7.92. The number of hydrogen-bond donors (Lipinski definition) is 4. The zero-order valence-corrected chi connectivity index (χ0v) is 22.1. The van der Waals surface area contributed by atoms with Crippen molar-refractivity contribution in [3.8, 4) is 0 Å². The number of benzene rings is 2. The molecule has 2 atom stereocenters. The molecular formula is C26H27ClF2N6O5. The van der Waals surface area contributed by atoms with Gasteiger partial charge in [-0.1, -0.05) is 29.8 Å². The maximum Gasteiger partial charge on any atom is 0.323 e. The molecule has 40 heavy (non-hydrogen) atoms. The lowest BCUT2D eigenvalue weighted by molar-refractivity contribution is -0.124. The highest BCUT2D eigenvalue weighted by Crippen LogP contribution is 2.28. The van der Waals surface area contributed by atoms with Gasteiger partial charge in [-0.2, -0.15) is 0 Å². The number of hydrogen-bond acceptors (Lipinski definition) is 5. The van der Waals surface area contributed by atoms with Crippen molar-refractivity contribution in [3.63, 3.8) is 0 Å². The van der Waals surface area contributed by atoms with E-state index in [-0.39, 0.29) is 54.5 Å². The molecule has 11 nitrogen and oxygen atoms in total. The van der Waals surface area contributed by atoms with E-state index in [4.69, 9.17) is 22.1 Å². The van der Waals surface area contributed by atoms with E-state index < -0.39 is 41.9 Å². The van der Waals surface area contributed by atoms with Crippen LogP contribution in [-0.4, -0.2) is 72.4 Å². The Balaban J connectivity index is 1.47. The van der Waals surface area contributed by atoms with Gasteiger partial charge in [0.05, 0.1) is 29.4 Å². The molecule has 0 saturated carbocycles. The van der Waals surface area contributed by atoms with Crippen LogP contribution in [0.1, 0.15) is 22.3 Å². The molecule has 0 bridgehead atoms. The molecule has 0 spiro atoms. The van der Waals surface area contributed by atoms with Crippen LogP contribution in [0.25, 0.3) is 10.9 Å². The molecule has 0 aliphatic carbocycles. The lowest BCUT2D eigenvalue weighted by Gasteiger charge is -2.24. The maximum atomic E-state index is 14.7. The minimum absolute atomic E-state index is 0.0669. The van der Waals surface area contributed by atoms with Crippen LogP contribution in [-0.2, 0) is 16.1 Å². The van der Waals surface area contributed by atoms with Crippen molar-refractivity contribution in [1.82, 2.24) is 20.1 Å². The van der Waals surface area contributed by atoms with Crippen molar-refractivity contribution in [2.24, 2.45) is 5.73 Å². The second-order valence-corrected chi connectivity index (χ2v) is 9.50. The van der Waals surface area contributed by atoms with Gasteiger partial charge in [0, 0.05) is 49.3 Å². The lowest BCUT2D eigenvalue weighted by atomic mass is 10.1. The quantitative estimate of drug-likeness (QED) is 0.304. The van der Waals surface area contributed by atoms with Crippen molar-refractivity contribution in [2.75, 3.05) is 32.1 Å². The molecule has 4 rings (SSSR count). The van der Waals surface area contributed by atoms with E-state index in [0.29, 0.717) is 10.9 Å². The first-order chi connectivity index (χ1) is 19.1. The molecule has 2 aromatic carbocycles. The highest BCUT2D eigenvalue weighted by Gasteiger charge is 2.40. The Morgan fingerprint density at radius 3 is 2.65 bits per heavy atom. The topological polar surface area (TPSA) is 148 Å². The van der Waals surface area contributed by atoms with E-state index in [0.717, 1.165) is 15.5 Å². The molecule has 2 heterocycles. The van der Waals surface area contributed by atoms with Crippen LogP contribution in [0, 0.1) is 5.82 Å². The number of rotatable bonds is 8. The summed E-state index contributed by atoms with van der Waals surface area (Å²) < 4.78 is 35.1. The summed E-state index contributed by atoms with van der Waals surface area (Å²) in [7, 11) is 1.48. The largest absolute Gasteiger partial charge is 0.383 e. The van der Waals surface area contributed by atoms with Crippen LogP contribution in [0.5, 0.6) is 0 Å². The van der Waals surface area contributed by atoms with E-state index in [9.17, 15) is 28.0 Å². The van der Waals surface area contributed by atoms with Gasteiger partial charge in [-0.3, -0.25) is 14.2 Å². The molecule has 0 unspecified atom stereocenters. The van der Waals surface area contributed by atoms with Crippen LogP contribution in [0.4, 0.5) is 24.1 Å². The summed E-state index contributed by atoms with van der Waals surface area (Å²) in [4.78, 5) is 51.3. The van der Waals surface area contributed by atoms with Gasteiger partial charge in [-0.25, -0.2) is 18.4 Å². The number of ether oxygens (including phenoxy) is 1. The van der Waals surface area contributed by atoms with E-state index in [2.05, 4.69) is 16.0 Å². The molecule has 0 radical (unpaired) electrons. The molecule has 1 aromatic heterocycles. The van der Waals surface area contributed by atoms with Gasteiger partial charge < -0.3 is 31.3 Å².